The molecule has 0 saturated heterocycles. The summed E-state index contributed by atoms with van der Waals surface area (Å²) in [6.45, 7) is 6.47. The van der Waals surface area contributed by atoms with E-state index in [9.17, 15) is 0 Å². The van der Waals surface area contributed by atoms with Gasteiger partial charge >= 0.3 is 0 Å². The second-order valence-corrected chi connectivity index (χ2v) is 4.31. The maximum Gasteiger partial charge on any atom is 0.0251 e. The Hall–Kier alpha value is 0.170. The van der Waals surface area contributed by atoms with Gasteiger partial charge in [0.15, 0.2) is 0 Å². The summed E-state index contributed by atoms with van der Waals surface area (Å²) in [6, 6.07) is 0.225. The highest BCUT2D eigenvalue weighted by Gasteiger charge is 2.02. The van der Waals surface area contributed by atoms with Crippen molar-refractivity contribution in [1.29, 1.82) is 0 Å². The van der Waals surface area contributed by atoms with E-state index in [-0.39, 0.29) is 6.04 Å². The summed E-state index contributed by atoms with van der Waals surface area (Å²) in [5, 5.41) is 0. The van der Waals surface area contributed by atoms with Gasteiger partial charge in [0.25, 0.3) is 0 Å². The SMILES string of the molecule is CCCCC(=C/I)/C=C(\C)[C@H](N)CC. The third-order valence-corrected chi connectivity index (χ3v) is 3.20. The lowest BCUT2D eigenvalue weighted by Gasteiger charge is -2.10. The van der Waals surface area contributed by atoms with Crippen molar-refractivity contribution in [3.8, 4) is 0 Å². The van der Waals surface area contributed by atoms with E-state index in [2.05, 4.69) is 53.5 Å². The predicted octanol–water partition coefficient (Wildman–Crippen LogP) is 4.18. The number of halogens is 1. The molecule has 0 amide bonds. The van der Waals surface area contributed by atoms with Gasteiger partial charge < -0.3 is 5.73 Å². The minimum Gasteiger partial charge on any atom is -0.324 e. The molecule has 82 valence electrons. The number of allylic oxidation sites excluding steroid dienone is 2. The summed E-state index contributed by atoms with van der Waals surface area (Å²) >= 11 is 2.31. The Morgan fingerprint density at radius 3 is 2.50 bits per heavy atom. The smallest absolute Gasteiger partial charge is 0.0251 e. The van der Waals surface area contributed by atoms with Crippen LogP contribution in [0.2, 0.25) is 0 Å². The molecule has 0 aliphatic carbocycles. The first-order chi connectivity index (χ1) is 6.65. The monoisotopic (exact) mass is 307 g/mol. The standard InChI is InChI=1S/C12H22IN/c1-4-6-7-11(9-13)8-10(3)12(14)5-2/h8-9,12H,4-7,14H2,1-3H3/b10-8+,11-9-/t12-/m1/s1. The van der Waals surface area contributed by atoms with Gasteiger partial charge in [0.2, 0.25) is 0 Å². The van der Waals surface area contributed by atoms with E-state index in [0.717, 1.165) is 6.42 Å². The molecule has 2 heteroatoms. The van der Waals surface area contributed by atoms with Crippen molar-refractivity contribution in [1.82, 2.24) is 0 Å². The molecule has 0 spiro atoms. The Morgan fingerprint density at radius 1 is 1.43 bits per heavy atom. The second kappa shape index (κ2) is 8.48. The van der Waals surface area contributed by atoms with Crippen LogP contribution in [-0.2, 0) is 0 Å². The quantitative estimate of drug-likeness (QED) is 0.578. The van der Waals surface area contributed by atoms with Crippen LogP contribution in [0.5, 0.6) is 0 Å². The molecular weight excluding hydrogens is 285 g/mol. The number of unbranched alkanes of at least 4 members (excludes halogenated alkanes) is 1. The highest BCUT2D eigenvalue weighted by Crippen LogP contribution is 2.15. The Balaban J connectivity index is 4.28. The number of hydrogen-bond donors (Lipinski definition) is 1. The lowest BCUT2D eigenvalue weighted by atomic mass is 10.0. The lowest BCUT2D eigenvalue weighted by Crippen LogP contribution is -2.19. The normalized spacial score (nSPS) is 15.8. The highest BCUT2D eigenvalue weighted by atomic mass is 127. The lowest BCUT2D eigenvalue weighted by molar-refractivity contribution is 0.735. The number of rotatable bonds is 6. The van der Waals surface area contributed by atoms with Crippen molar-refractivity contribution >= 4 is 22.6 Å². The molecule has 0 aromatic heterocycles. The van der Waals surface area contributed by atoms with Gasteiger partial charge in [-0.3, -0.25) is 0 Å². The fourth-order valence-electron chi connectivity index (χ4n) is 1.26. The molecule has 1 atom stereocenters. The molecule has 0 aliphatic rings. The molecule has 0 bridgehead atoms. The maximum atomic E-state index is 5.95. The summed E-state index contributed by atoms with van der Waals surface area (Å²) in [5.41, 5.74) is 8.66. The third-order valence-electron chi connectivity index (χ3n) is 2.40. The summed E-state index contributed by atoms with van der Waals surface area (Å²) in [6.07, 6.45) is 6.95. The van der Waals surface area contributed by atoms with Crippen LogP contribution in [0.4, 0.5) is 0 Å². The Kier molecular flexibility index (Phi) is 8.58. The molecule has 0 saturated carbocycles. The van der Waals surface area contributed by atoms with Gasteiger partial charge in [0.1, 0.15) is 0 Å². The fraction of sp³-hybridized carbons (Fsp3) is 0.667. The fourth-order valence-corrected chi connectivity index (χ4v) is 1.75. The zero-order chi connectivity index (χ0) is 11.0. The average Bonchev–Trinajstić information content (AvgIpc) is 2.22. The second-order valence-electron chi connectivity index (χ2n) is 3.69. The number of hydrogen-bond acceptors (Lipinski definition) is 1. The summed E-state index contributed by atoms with van der Waals surface area (Å²) in [4.78, 5) is 0. The van der Waals surface area contributed by atoms with Gasteiger partial charge in [0.05, 0.1) is 0 Å². The molecule has 1 nitrogen and oxygen atoms in total. The van der Waals surface area contributed by atoms with E-state index < -0.39 is 0 Å². The molecular formula is C12H22IN. The molecule has 0 fully saturated rings. The van der Waals surface area contributed by atoms with Gasteiger partial charge in [-0.05, 0) is 35.8 Å². The van der Waals surface area contributed by atoms with Crippen molar-refractivity contribution in [2.24, 2.45) is 5.73 Å². The molecule has 0 rings (SSSR count). The van der Waals surface area contributed by atoms with Gasteiger partial charge in [-0.1, -0.05) is 54.5 Å². The molecule has 0 heterocycles. The van der Waals surface area contributed by atoms with E-state index in [0.29, 0.717) is 0 Å². The van der Waals surface area contributed by atoms with Crippen LogP contribution in [-0.4, -0.2) is 6.04 Å². The van der Waals surface area contributed by atoms with Crippen LogP contribution < -0.4 is 5.73 Å². The van der Waals surface area contributed by atoms with Gasteiger partial charge in [-0.2, -0.15) is 0 Å². The summed E-state index contributed by atoms with van der Waals surface area (Å²) in [5.74, 6) is 0. The summed E-state index contributed by atoms with van der Waals surface area (Å²) < 4.78 is 2.17. The van der Waals surface area contributed by atoms with E-state index in [1.165, 1.54) is 30.4 Å². The van der Waals surface area contributed by atoms with Crippen molar-refractivity contribution in [3.63, 3.8) is 0 Å². The van der Waals surface area contributed by atoms with Crippen LogP contribution in [0.25, 0.3) is 0 Å². The van der Waals surface area contributed by atoms with Crippen molar-refractivity contribution in [2.45, 2.75) is 52.5 Å². The molecule has 0 aliphatic heterocycles. The molecule has 2 N–H and O–H groups in total. The zero-order valence-electron chi connectivity index (χ0n) is 9.52. The zero-order valence-corrected chi connectivity index (χ0v) is 11.7. The van der Waals surface area contributed by atoms with Gasteiger partial charge in [-0.15, -0.1) is 0 Å². The van der Waals surface area contributed by atoms with Crippen LogP contribution in [0.3, 0.4) is 0 Å². The van der Waals surface area contributed by atoms with Crippen molar-refractivity contribution in [2.75, 3.05) is 0 Å². The Labute approximate surface area is 102 Å². The molecule has 0 unspecified atom stereocenters. The van der Waals surface area contributed by atoms with Crippen LogP contribution in [0, 0.1) is 0 Å². The van der Waals surface area contributed by atoms with E-state index in [4.69, 9.17) is 5.73 Å². The molecule has 0 aromatic carbocycles. The van der Waals surface area contributed by atoms with Gasteiger partial charge in [0, 0.05) is 6.04 Å². The third kappa shape index (κ3) is 5.81. The number of nitrogens with two attached hydrogens (primary N) is 1. The summed E-state index contributed by atoms with van der Waals surface area (Å²) in [7, 11) is 0. The van der Waals surface area contributed by atoms with Crippen molar-refractivity contribution < 1.29 is 0 Å². The van der Waals surface area contributed by atoms with Crippen molar-refractivity contribution in [3.05, 3.63) is 21.3 Å². The first-order valence-corrected chi connectivity index (χ1v) is 6.63. The van der Waals surface area contributed by atoms with Crippen LogP contribution in [0.1, 0.15) is 46.5 Å². The van der Waals surface area contributed by atoms with Crippen LogP contribution >= 0.6 is 22.6 Å². The Morgan fingerprint density at radius 2 is 2.07 bits per heavy atom. The maximum absolute atomic E-state index is 5.95. The highest BCUT2D eigenvalue weighted by molar-refractivity contribution is 14.1. The molecule has 0 radical (unpaired) electrons. The molecule has 0 aromatic rings. The minimum absolute atomic E-state index is 0.225. The first-order valence-electron chi connectivity index (χ1n) is 5.38. The van der Waals surface area contributed by atoms with Crippen LogP contribution in [0.15, 0.2) is 21.3 Å². The minimum atomic E-state index is 0.225. The van der Waals surface area contributed by atoms with E-state index in [1.54, 1.807) is 0 Å². The largest absolute Gasteiger partial charge is 0.324 e. The predicted molar refractivity (Wildman–Crippen MR) is 73.7 cm³/mol. The first kappa shape index (κ1) is 14.2. The average molecular weight is 307 g/mol. The topological polar surface area (TPSA) is 26.0 Å². The van der Waals surface area contributed by atoms with E-state index >= 15 is 0 Å². The Bertz CT molecular complexity index is 206. The van der Waals surface area contributed by atoms with Gasteiger partial charge in [-0.25, -0.2) is 0 Å². The molecule has 14 heavy (non-hydrogen) atoms. The van der Waals surface area contributed by atoms with E-state index in [1.807, 2.05) is 0 Å².